The third-order valence-corrected chi connectivity index (χ3v) is 2.78. The number of nitrogens with one attached hydrogen (secondary N) is 1. The van der Waals surface area contributed by atoms with Gasteiger partial charge in [-0.05, 0) is 24.6 Å². The smallest absolute Gasteiger partial charge is 0.230 e. The highest BCUT2D eigenvalue weighted by Gasteiger charge is 2.08. The minimum atomic E-state index is -0.149. The maximum Gasteiger partial charge on any atom is 0.230 e. The Labute approximate surface area is 104 Å². The van der Waals surface area contributed by atoms with Gasteiger partial charge in [-0.1, -0.05) is 22.8 Å². The highest BCUT2D eigenvalue weighted by atomic mass is 35.5. The van der Waals surface area contributed by atoms with E-state index in [0.717, 1.165) is 5.56 Å². The zero-order valence-corrected chi connectivity index (χ0v) is 9.99. The first-order chi connectivity index (χ1) is 8.16. The summed E-state index contributed by atoms with van der Waals surface area (Å²) < 4.78 is 4.66. The van der Waals surface area contributed by atoms with Crippen molar-refractivity contribution in [2.24, 2.45) is 0 Å². The van der Waals surface area contributed by atoms with Gasteiger partial charge in [0.05, 0.1) is 12.1 Å². The Kier molecular flexibility index (Phi) is 3.44. The molecule has 0 saturated heterocycles. The van der Waals surface area contributed by atoms with E-state index in [9.17, 15) is 4.79 Å². The van der Waals surface area contributed by atoms with Crippen molar-refractivity contribution in [1.82, 2.24) is 5.16 Å². The molecule has 0 bridgehead atoms. The lowest BCUT2D eigenvalue weighted by Gasteiger charge is -2.08. The van der Waals surface area contributed by atoms with Crippen molar-refractivity contribution in [3.8, 4) is 0 Å². The molecule has 0 atom stereocenters. The number of nitrogens with zero attached hydrogens (tertiary/aromatic N) is 1. The van der Waals surface area contributed by atoms with Gasteiger partial charge in [-0.25, -0.2) is 0 Å². The van der Waals surface area contributed by atoms with Crippen molar-refractivity contribution in [3.05, 3.63) is 46.8 Å². The molecule has 0 aliphatic rings. The van der Waals surface area contributed by atoms with Gasteiger partial charge in [0.2, 0.25) is 5.91 Å². The van der Waals surface area contributed by atoms with Crippen molar-refractivity contribution in [2.75, 3.05) is 5.32 Å². The number of rotatable bonds is 3. The zero-order valence-electron chi connectivity index (χ0n) is 9.24. The molecular weight excluding hydrogens is 240 g/mol. The van der Waals surface area contributed by atoms with Crippen LogP contribution in [0.3, 0.4) is 0 Å². The lowest BCUT2D eigenvalue weighted by molar-refractivity contribution is -0.115. The molecule has 1 heterocycles. The van der Waals surface area contributed by atoms with E-state index in [0.29, 0.717) is 16.4 Å². The first-order valence-electron chi connectivity index (χ1n) is 5.11. The summed E-state index contributed by atoms with van der Waals surface area (Å²) in [6.45, 7) is 1.86. The molecule has 2 aromatic rings. The fraction of sp³-hybridized carbons (Fsp3) is 0.167. The van der Waals surface area contributed by atoms with E-state index in [4.69, 9.17) is 11.6 Å². The molecule has 1 N–H and O–H groups in total. The Balaban J connectivity index is 2.06. The van der Waals surface area contributed by atoms with Crippen LogP contribution >= 0.6 is 11.6 Å². The Morgan fingerprint density at radius 3 is 3.00 bits per heavy atom. The molecule has 0 unspecified atom stereocenters. The van der Waals surface area contributed by atoms with Gasteiger partial charge < -0.3 is 9.84 Å². The first kappa shape index (κ1) is 11.7. The van der Waals surface area contributed by atoms with Crippen molar-refractivity contribution >= 4 is 23.2 Å². The van der Waals surface area contributed by atoms with E-state index in [-0.39, 0.29) is 12.3 Å². The number of carbonyl (C=O) groups excluding carboxylic acids is 1. The van der Waals surface area contributed by atoms with Crippen LogP contribution in [0.5, 0.6) is 0 Å². The number of halogens is 1. The second-order valence-corrected chi connectivity index (χ2v) is 4.04. The van der Waals surface area contributed by atoms with Gasteiger partial charge in [-0.15, -0.1) is 0 Å². The summed E-state index contributed by atoms with van der Waals surface area (Å²) in [7, 11) is 0. The minimum Gasteiger partial charge on any atom is -0.364 e. The molecule has 0 radical (unpaired) electrons. The SMILES string of the molecule is Cc1c(Cl)cccc1NC(=O)Cc1ccon1. The summed E-state index contributed by atoms with van der Waals surface area (Å²) in [6, 6.07) is 7.04. The Morgan fingerprint density at radius 2 is 2.29 bits per heavy atom. The lowest BCUT2D eigenvalue weighted by Crippen LogP contribution is -2.15. The third kappa shape index (κ3) is 2.85. The molecule has 0 aliphatic carbocycles. The Morgan fingerprint density at radius 1 is 1.47 bits per heavy atom. The second kappa shape index (κ2) is 5.01. The van der Waals surface area contributed by atoms with E-state index in [1.165, 1.54) is 6.26 Å². The molecule has 4 nitrogen and oxygen atoms in total. The van der Waals surface area contributed by atoms with Gasteiger partial charge in [0.1, 0.15) is 6.26 Å². The van der Waals surface area contributed by atoms with Crippen LogP contribution in [0.25, 0.3) is 0 Å². The molecule has 88 valence electrons. The van der Waals surface area contributed by atoms with Gasteiger partial charge in [0, 0.05) is 16.8 Å². The summed E-state index contributed by atoms with van der Waals surface area (Å²) in [6.07, 6.45) is 1.62. The van der Waals surface area contributed by atoms with Crippen LogP contribution in [0.2, 0.25) is 5.02 Å². The van der Waals surface area contributed by atoms with Crippen molar-refractivity contribution in [1.29, 1.82) is 0 Å². The van der Waals surface area contributed by atoms with E-state index in [1.54, 1.807) is 18.2 Å². The molecule has 1 amide bonds. The number of anilines is 1. The van der Waals surface area contributed by atoms with Gasteiger partial charge in [0.15, 0.2) is 0 Å². The molecule has 1 aromatic carbocycles. The number of amides is 1. The molecule has 1 aromatic heterocycles. The highest BCUT2D eigenvalue weighted by molar-refractivity contribution is 6.31. The predicted octanol–water partition coefficient (Wildman–Crippen LogP) is 2.82. The lowest BCUT2D eigenvalue weighted by atomic mass is 10.2. The van der Waals surface area contributed by atoms with Gasteiger partial charge in [-0.3, -0.25) is 4.79 Å². The summed E-state index contributed by atoms with van der Waals surface area (Å²) in [5, 5.41) is 7.09. The molecule has 2 rings (SSSR count). The molecule has 0 spiro atoms. The average molecular weight is 251 g/mol. The van der Waals surface area contributed by atoms with Gasteiger partial charge >= 0.3 is 0 Å². The number of carbonyl (C=O) groups is 1. The molecule has 0 saturated carbocycles. The fourth-order valence-electron chi connectivity index (χ4n) is 1.43. The molecule has 0 fully saturated rings. The summed E-state index contributed by atoms with van der Waals surface area (Å²) >= 11 is 5.96. The first-order valence-corrected chi connectivity index (χ1v) is 5.49. The van der Waals surface area contributed by atoms with Crippen LogP contribution in [-0.4, -0.2) is 11.1 Å². The quantitative estimate of drug-likeness (QED) is 0.911. The van der Waals surface area contributed by atoms with Crippen LogP contribution in [0.4, 0.5) is 5.69 Å². The largest absolute Gasteiger partial charge is 0.364 e. The van der Waals surface area contributed by atoms with E-state index in [2.05, 4.69) is 15.0 Å². The van der Waals surface area contributed by atoms with Crippen LogP contribution < -0.4 is 5.32 Å². The van der Waals surface area contributed by atoms with E-state index >= 15 is 0 Å². The number of hydrogen-bond acceptors (Lipinski definition) is 3. The standard InChI is InChI=1S/C12H11ClN2O2/c1-8-10(13)3-2-4-11(8)14-12(16)7-9-5-6-17-15-9/h2-6H,7H2,1H3,(H,14,16). The van der Waals surface area contributed by atoms with Gasteiger partial charge in [0.25, 0.3) is 0 Å². The Bertz CT molecular complexity index is 523. The van der Waals surface area contributed by atoms with Crippen LogP contribution in [0, 0.1) is 6.92 Å². The summed E-state index contributed by atoms with van der Waals surface area (Å²) in [4.78, 5) is 11.7. The number of aromatic nitrogens is 1. The van der Waals surface area contributed by atoms with E-state index in [1.807, 2.05) is 13.0 Å². The van der Waals surface area contributed by atoms with Crippen molar-refractivity contribution < 1.29 is 9.32 Å². The predicted molar refractivity (Wildman–Crippen MR) is 65.0 cm³/mol. The van der Waals surface area contributed by atoms with Crippen LogP contribution in [0.15, 0.2) is 35.1 Å². The maximum atomic E-state index is 11.7. The fourth-order valence-corrected chi connectivity index (χ4v) is 1.61. The number of benzene rings is 1. The maximum absolute atomic E-state index is 11.7. The summed E-state index contributed by atoms with van der Waals surface area (Å²) in [5.41, 5.74) is 2.16. The van der Waals surface area contributed by atoms with Crippen molar-refractivity contribution in [3.63, 3.8) is 0 Å². The normalized spacial score (nSPS) is 10.2. The zero-order chi connectivity index (χ0) is 12.3. The second-order valence-electron chi connectivity index (χ2n) is 3.63. The van der Waals surface area contributed by atoms with Crippen LogP contribution in [0.1, 0.15) is 11.3 Å². The summed E-state index contributed by atoms with van der Waals surface area (Å²) in [5.74, 6) is -0.149. The topological polar surface area (TPSA) is 55.1 Å². The number of hydrogen-bond donors (Lipinski definition) is 1. The van der Waals surface area contributed by atoms with Crippen molar-refractivity contribution in [2.45, 2.75) is 13.3 Å². The van der Waals surface area contributed by atoms with E-state index < -0.39 is 0 Å². The average Bonchev–Trinajstić information content (AvgIpc) is 2.77. The molecule has 17 heavy (non-hydrogen) atoms. The molecular formula is C12H11ClN2O2. The monoisotopic (exact) mass is 250 g/mol. The molecule has 5 heteroatoms. The van der Waals surface area contributed by atoms with Gasteiger partial charge in [-0.2, -0.15) is 0 Å². The Hall–Kier alpha value is -1.81. The van der Waals surface area contributed by atoms with Crippen LogP contribution in [-0.2, 0) is 11.2 Å². The molecule has 0 aliphatic heterocycles. The highest BCUT2D eigenvalue weighted by Crippen LogP contribution is 2.22. The third-order valence-electron chi connectivity index (χ3n) is 2.37. The minimum absolute atomic E-state index is 0.149.